The molecule has 4 rings (SSSR count). The maximum absolute atomic E-state index is 6.01. The largest absolute Gasteiger partial charge is 0.339 e. The van der Waals surface area contributed by atoms with Crippen molar-refractivity contribution in [1.29, 1.82) is 0 Å². The average molecular weight is 307 g/mol. The van der Waals surface area contributed by atoms with Crippen LogP contribution in [0.3, 0.4) is 0 Å². The van der Waals surface area contributed by atoms with E-state index in [2.05, 4.69) is 46.8 Å². The predicted octanol–water partition coefficient (Wildman–Crippen LogP) is 5.53. The third kappa shape index (κ3) is 1.92. The predicted molar refractivity (Wildman–Crippen MR) is 93.4 cm³/mol. The van der Waals surface area contributed by atoms with Crippen molar-refractivity contribution in [3.8, 4) is 11.3 Å². The number of benzene rings is 2. The minimum Gasteiger partial charge on any atom is -0.339 e. The number of fused-ring (bicyclic) bond motifs is 3. The van der Waals surface area contributed by atoms with E-state index in [9.17, 15) is 0 Å². The van der Waals surface area contributed by atoms with E-state index >= 15 is 0 Å². The molecule has 0 aliphatic heterocycles. The zero-order valence-corrected chi connectivity index (χ0v) is 13.0. The maximum Gasteiger partial charge on any atom is 0.0945 e. The smallest absolute Gasteiger partial charge is 0.0945 e. The van der Waals surface area contributed by atoms with Crippen LogP contribution in [0.2, 0.25) is 5.02 Å². The first-order valence-electron chi connectivity index (χ1n) is 7.41. The Bertz CT molecular complexity index is 968. The lowest BCUT2D eigenvalue weighted by Crippen LogP contribution is -1.96. The van der Waals surface area contributed by atoms with Crippen molar-refractivity contribution in [3.63, 3.8) is 0 Å². The van der Waals surface area contributed by atoms with Crippen molar-refractivity contribution in [3.05, 3.63) is 65.8 Å². The molecule has 0 aliphatic carbocycles. The second-order valence-electron chi connectivity index (χ2n) is 5.32. The molecule has 3 heteroatoms. The average Bonchev–Trinajstić information content (AvgIpc) is 2.89. The van der Waals surface area contributed by atoms with E-state index in [1.54, 1.807) is 0 Å². The highest BCUT2D eigenvalue weighted by atomic mass is 35.5. The fourth-order valence-corrected chi connectivity index (χ4v) is 3.28. The number of nitrogens with zero attached hydrogens (tertiary/aromatic N) is 2. The standard InChI is InChI=1S/C19H15ClN2/c1-2-22-17-6-4-3-5-15(17)16-11-12-21-18(19(16)22)13-7-9-14(20)10-8-13/h3-12H,2H2,1H3. The summed E-state index contributed by atoms with van der Waals surface area (Å²) in [6.07, 6.45) is 1.89. The summed E-state index contributed by atoms with van der Waals surface area (Å²) in [4.78, 5) is 4.65. The number of aryl methyl sites for hydroxylation is 1. The van der Waals surface area contributed by atoms with Gasteiger partial charge in [0.15, 0.2) is 0 Å². The zero-order valence-electron chi connectivity index (χ0n) is 12.3. The van der Waals surface area contributed by atoms with Crippen molar-refractivity contribution in [2.45, 2.75) is 13.5 Å². The Hall–Kier alpha value is -2.32. The molecule has 2 nitrogen and oxygen atoms in total. The van der Waals surface area contributed by atoms with Gasteiger partial charge in [0.25, 0.3) is 0 Å². The van der Waals surface area contributed by atoms with Crippen LogP contribution in [0.1, 0.15) is 6.92 Å². The summed E-state index contributed by atoms with van der Waals surface area (Å²) in [6, 6.07) is 18.5. The van der Waals surface area contributed by atoms with E-state index in [0.29, 0.717) is 0 Å². The third-order valence-electron chi connectivity index (χ3n) is 4.11. The lowest BCUT2D eigenvalue weighted by Gasteiger charge is -2.08. The second-order valence-corrected chi connectivity index (χ2v) is 5.76. The van der Waals surface area contributed by atoms with Crippen LogP contribution in [0, 0.1) is 0 Å². The Morgan fingerprint density at radius 2 is 1.73 bits per heavy atom. The number of hydrogen-bond acceptors (Lipinski definition) is 1. The van der Waals surface area contributed by atoms with Crippen LogP contribution < -0.4 is 0 Å². The first-order chi connectivity index (χ1) is 10.8. The monoisotopic (exact) mass is 306 g/mol. The summed E-state index contributed by atoms with van der Waals surface area (Å²) in [7, 11) is 0. The summed E-state index contributed by atoms with van der Waals surface area (Å²) in [5.74, 6) is 0. The lowest BCUT2D eigenvalue weighted by molar-refractivity contribution is 0.826. The van der Waals surface area contributed by atoms with Gasteiger partial charge in [0.05, 0.1) is 11.2 Å². The van der Waals surface area contributed by atoms with Crippen LogP contribution in [0.5, 0.6) is 0 Å². The summed E-state index contributed by atoms with van der Waals surface area (Å²) in [6.45, 7) is 3.08. The van der Waals surface area contributed by atoms with Gasteiger partial charge in [-0.25, -0.2) is 0 Å². The van der Waals surface area contributed by atoms with Gasteiger partial charge in [0, 0.05) is 39.6 Å². The maximum atomic E-state index is 6.01. The van der Waals surface area contributed by atoms with Gasteiger partial charge < -0.3 is 4.57 Å². The SMILES string of the molecule is CCn1c2ccccc2c2ccnc(-c3ccc(Cl)cc3)c21. The van der Waals surface area contributed by atoms with E-state index < -0.39 is 0 Å². The molecule has 22 heavy (non-hydrogen) atoms. The summed E-state index contributed by atoms with van der Waals surface area (Å²) >= 11 is 6.01. The Labute approximate surface area is 134 Å². The molecule has 2 aromatic carbocycles. The van der Waals surface area contributed by atoms with E-state index in [-0.39, 0.29) is 0 Å². The molecule has 0 radical (unpaired) electrons. The molecule has 0 amide bonds. The third-order valence-corrected chi connectivity index (χ3v) is 4.37. The molecule has 108 valence electrons. The molecule has 0 saturated heterocycles. The minimum atomic E-state index is 0.743. The van der Waals surface area contributed by atoms with Gasteiger partial charge in [-0.2, -0.15) is 0 Å². The van der Waals surface area contributed by atoms with E-state index in [1.807, 2.05) is 30.5 Å². The van der Waals surface area contributed by atoms with Gasteiger partial charge in [0.2, 0.25) is 0 Å². The Balaban J connectivity index is 2.14. The van der Waals surface area contributed by atoms with Crippen LogP contribution in [0.15, 0.2) is 60.8 Å². The molecule has 2 aromatic heterocycles. The van der Waals surface area contributed by atoms with E-state index in [0.717, 1.165) is 22.8 Å². The number of halogens is 1. The number of rotatable bonds is 2. The van der Waals surface area contributed by atoms with Crippen molar-refractivity contribution in [2.24, 2.45) is 0 Å². The highest BCUT2D eigenvalue weighted by Gasteiger charge is 2.14. The molecular formula is C19H15ClN2. The number of aromatic nitrogens is 2. The number of para-hydroxylation sites is 1. The Kier molecular flexibility index (Phi) is 3.12. The fraction of sp³-hybridized carbons (Fsp3) is 0.105. The summed E-state index contributed by atoms with van der Waals surface area (Å²) < 4.78 is 2.33. The molecule has 0 fully saturated rings. The van der Waals surface area contributed by atoms with Gasteiger partial charge in [-0.05, 0) is 31.2 Å². The molecule has 0 N–H and O–H groups in total. The number of pyridine rings is 1. The van der Waals surface area contributed by atoms with Crippen molar-refractivity contribution in [1.82, 2.24) is 9.55 Å². The van der Waals surface area contributed by atoms with Gasteiger partial charge >= 0.3 is 0 Å². The van der Waals surface area contributed by atoms with Gasteiger partial charge in [-0.3, -0.25) is 4.98 Å². The van der Waals surface area contributed by atoms with E-state index in [4.69, 9.17) is 11.6 Å². The van der Waals surface area contributed by atoms with Crippen LogP contribution in [-0.2, 0) is 6.54 Å². The van der Waals surface area contributed by atoms with Gasteiger partial charge in [-0.1, -0.05) is 41.9 Å². The summed E-state index contributed by atoms with van der Waals surface area (Å²) in [5.41, 5.74) is 4.54. The second kappa shape index (κ2) is 5.15. The summed E-state index contributed by atoms with van der Waals surface area (Å²) in [5, 5.41) is 3.27. The lowest BCUT2D eigenvalue weighted by atomic mass is 10.1. The molecule has 0 saturated carbocycles. The van der Waals surface area contributed by atoms with Crippen molar-refractivity contribution in [2.75, 3.05) is 0 Å². The highest BCUT2D eigenvalue weighted by molar-refractivity contribution is 6.30. The molecule has 0 atom stereocenters. The fourth-order valence-electron chi connectivity index (χ4n) is 3.15. The molecule has 0 aliphatic rings. The Morgan fingerprint density at radius 3 is 2.50 bits per heavy atom. The van der Waals surface area contributed by atoms with Crippen LogP contribution in [-0.4, -0.2) is 9.55 Å². The molecule has 0 unspecified atom stereocenters. The molecule has 0 spiro atoms. The topological polar surface area (TPSA) is 17.8 Å². The van der Waals surface area contributed by atoms with Crippen LogP contribution in [0.25, 0.3) is 33.1 Å². The zero-order chi connectivity index (χ0) is 15.1. The quantitative estimate of drug-likeness (QED) is 0.476. The van der Waals surface area contributed by atoms with Gasteiger partial charge in [-0.15, -0.1) is 0 Å². The van der Waals surface area contributed by atoms with Crippen LogP contribution >= 0.6 is 11.6 Å². The van der Waals surface area contributed by atoms with Crippen molar-refractivity contribution < 1.29 is 0 Å². The van der Waals surface area contributed by atoms with Crippen molar-refractivity contribution >= 4 is 33.4 Å². The Morgan fingerprint density at radius 1 is 0.955 bits per heavy atom. The first kappa shape index (κ1) is 13.4. The molecular weight excluding hydrogens is 292 g/mol. The minimum absolute atomic E-state index is 0.743. The number of hydrogen-bond donors (Lipinski definition) is 0. The van der Waals surface area contributed by atoms with Crippen LogP contribution in [0.4, 0.5) is 0 Å². The molecule has 0 bridgehead atoms. The normalized spacial score (nSPS) is 11.4. The highest BCUT2D eigenvalue weighted by Crippen LogP contribution is 2.34. The van der Waals surface area contributed by atoms with E-state index in [1.165, 1.54) is 21.8 Å². The molecule has 2 heterocycles. The van der Waals surface area contributed by atoms with Gasteiger partial charge in [0.1, 0.15) is 0 Å². The molecule has 4 aromatic rings. The first-order valence-corrected chi connectivity index (χ1v) is 7.79.